The lowest BCUT2D eigenvalue weighted by molar-refractivity contribution is -0.118. The minimum Gasteiger partial charge on any atom is -0.444 e. The van der Waals surface area contributed by atoms with Crippen molar-refractivity contribution in [2.24, 2.45) is 5.92 Å². The molecular weight excluding hydrogens is 432 g/mol. The molecule has 0 aliphatic heterocycles. The van der Waals surface area contributed by atoms with E-state index < -0.39 is 36.1 Å². The number of aromatic nitrogens is 3. The molecule has 2 aromatic heterocycles. The van der Waals surface area contributed by atoms with E-state index in [0.29, 0.717) is 22.4 Å². The molecule has 2 rings (SSSR count). The molecule has 0 radical (unpaired) electrons. The number of ether oxygens (including phenoxy) is 1. The molecule has 0 spiro atoms. The number of alkyl halides is 2. The van der Waals surface area contributed by atoms with E-state index in [1.807, 2.05) is 0 Å². The number of halogens is 2. The van der Waals surface area contributed by atoms with Crippen LogP contribution in [0.3, 0.4) is 0 Å². The Morgan fingerprint density at radius 3 is 2.58 bits per heavy atom. The van der Waals surface area contributed by atoms with Gasteiger partial charge in [-0.3, -0.25) is 9.78 Å². The third kappa shape index (κ3) is 6.96. The second-order valence-electron chi connectivity index (χ2n) is 8.34. The summed E-state index contributed by atoms with van der Waals surface area (Å²) >= 11 is 0. The zero-order valence-electron chi connectivity index (χ0n) is 19.1. The summed E-state index contributed by atoms with van der Waals surface area (Å²) in [5.74, 6) is -0.943. The van der Waals surface area contributed by atoms with Crippen molar-refractivity contribution in [3.8, 4) is 11.3 Å². The Bertz CT molecular complexity index is 1010. The number of pyridine rings is 1. The highest BCUT2D eigenvalue weighted by atomic mass is 19.3. The van der Waals surface area contributed by atoms with Gasteiger partial charge in [0.1, 0.15) is 5.60 Å². The van der Waals surface area contributed by atoms with Crippen LogP contribution in [0, 0.1) is 5.92 Å². The number of hydrogen-bond donors (Lipinski definition) is 2. The monoisotopic (exact) mass is 461 g/mol. The summed E-state index contributed by atoms with van der Waals surface area (Å²) in [5.41, 5.74) is 0.160. The molecule has 0 unspecified atom stereocenters. The topological polar surface area (TPSA) is 98.1 Å². The molecule has 2 heterocycles. The van der Waals surface area contributed by atoms with Crippen molar-refractivity contribution >= 4 is 17.7 Å². The summed E-state index contributed by atoms with van der Waals surface area (Å²) in [6.45, 7) is 11.2. The number of carbonyl (C=O) groups is 2. The van der Waals surface area contributed by atoms with E-state index in [-0.39, 0.29) is 11.4 Å². The Labute approximate surface area is 191 Å². The number of hydrogen-bond acceptors (Lipinski definition) is 5. The molecule has 0 aliphatic rings. The number of nitrogens with zero attached hydrogens (tertiary/aromatic N) is 3. The predicted octanol–water partition coefficient (Wildman–Crippen LogP) is 5.24. The summed E-state index contributed by atoms with van der Waals surface area (Å²) in [7, 11) is 0. The fraction of sp³-hybridized carbons (Fsp3) is 0.391. The third-order valence-electron chi connectivity index (χ3n) is 4.51. The lowest BCUT2D eigenvalue weighted by Crippen LogP contribution is -2.35. The van der Waals surface area contributed by atoms with Crippen molar-refractivity contribution in [1.29, 1.82) is 0 Å². The average molecular weight is 462 g/mol. The van der Waals surface area contributed by atoms with Gasteiger partial charge in [0.2, 0.25) is 5.91 Å². The van der Waals surface area contributed by atoms with Crippen LogP contribution in [0.25, 0.3) is 11.3 Å². The lowest BCUT2D eigenvalue weighted by atomic mass is 10.0. The van der Waals surface area contributed by atoms with Crippen molar-refractivity contribution < 1.29 is 23.1 Å². The zero-order valence-corrected chi connectivity index (χ0v) is 19.1. The van der Waals surface area contributed by atoms with Crippen molar-refractivity contribution in [2.45, 2.75) is 52.3 Å². The van der Waals surface area contributed by atoms with Gasteiger partial charge in [0.15, 0.2) is 0 Å². The quantitative estimate of drug-likeness (QED) is 0.498. The van der Waals surface area contributed by atoms with Crippen LogP contribution in [0.1, 0.15) is 52.4 Å². The largest absolute Gasteiger partial charge is 0.444 e. The smallest absolute Gasteiger partial charge is 0.408 e. The first-order valence-electron chi connectivity index (χ1n) is 10.3. The van der Waals surface area contributed by atoms with Gasteiger partial charge in [-0.1, -0.05) is 19.1 Å². The molecule has 33 heavy (non-hydrogen) atoms. The van der Waals surface area contributed by atoms with Gasteiger partial charge in [0.05, 0.1) is 35.2 Å². The van der Waals surface area contributed by atoms with Gasteiger partial charge in [-0.15, -0.1) is 13.2 Å². The second kappa shape index (κ2) is 10.8. The third-order valence-corrected chi connectivity index (χ3v) is 4.51. The van der Waals surface area contributed by atoms with Crippen LogP contribution in [0.5, 0.6) is 0 Å². The summed E-state index contributed by atoms with van der Waals surface area (Å²) in [5, 5.41) is 9.07. The number of carbonyl (C=O) groups excluding carboxylic acids is 2. The summed E-state index contributed by atoms with van der Waals surface area (Å²) < 4.78 is 33.1. The van der Waals surface area contributed by atoms with Crippen molar-refractivity contribution in [2.75, 3.05) is 5.32 Å². The molecule has 0 bridgehead atoms. The van der Waals surface area contributed by atoms with Gasteiger partial charge in [0, 0.05) is 11.8 Å². The molecule has 0 aromatic carbocycles. The van der Waals surface area contributed by atoms with Gasteiger partial charge < -0.3 is 15.4 Å². The number of rotatable bonds is 9. The van der Waals surface area contributed by atoms with Crippen LogP contribution >= 0.6 is 0 Å². The van der Waals surface area contributed by atoms with Gasteiger partial charge in [-0.05, 0) is 39.3 Å². The van der Waals surface area contributed by atoms with Crippen LogP contribution in [0.2, 0.25) is 0 Å². The van der Waals surface area contributed by atoms with Gasteiger partial charge in [-0.2, -0.15) is 13.9 Å². The standard InChI is InChI=1S/C23H29F2N5O3/c1-7-9-16(29-22(32)33-23(4,5)6)17-12-15(10-11-26-17)19-18(13-27-30(19)21(24)25)28-20(31)14(3)8-2/h7-8,10-14,16,21H,1-2,9H2,3-6H3,(H,28,31)(H,29,32)/t14-,16+/m1/s1. The molecule has 0 fully saturated rings. The highest BCUT2D eigenvalue weighted by Gasteiger charge is 2.24. The molecule has 2 N–H and O–H groups in total. The molecule has 178 valence electrons. The van der Waals surface area contributed by atoms with Crippen LogP contribution in [0.15, 0.2) is 49.8 Å². The van der Waals surface area contributed by atoms with Crippen LogP contribution < -0.4 is 10.6 Å². The number of alkyl carbamates (subject to hydrolysis) is 1. The molecule has 8 nitrogen and oxygen atoms in total. The maximum Gasteiger partial charge on any atom is 0.408 e. The highest BCUT2D eigenvalue weighted by Crippen LogP contribution is 2.33. The van der Waals surface area contributed by atoms with Crippen molar-refractivity contribution in [1.82, 2.24) is 20.1 Å². The Kier molecular flexibility index (Phi) is 8.44. The van der Waals surface area contributed by atoms with E-state index in [1.54, 1.807) is 39.8 Å². The molecule has 0 aliphatic carbocycles. The number of amides is 2. The van der Waals surface area contributed by atoms with E-state index in [9.17, 15) is 18.4 Å². The van der Waals surface area contributed by atoms with E-state index in [1.165, 1.54) is 18.3 Å². The van der Waals surface area contributed by atoms with Gasteiger partial charge in [-0.25, -0.2) is 9.48 Å². The van der Waals surface area contributed by atoms with Crippen molar-refractivity contribution in [3.05, 3.63) is 55.5 Å². The summed E-state index contributed by atoms with van der Waals surface area (Å²) in [4.78, 5) is 28.9. The van der Waals surface area contributed by atoms with Crippen molar-refractivity contribution in [3.63, 3.8) is 0 Å². The predicted molar refractivity (Wildman–Crippen MR) is 122 cm³/mol. The summed E-state index contributed by atoms with van der Waals surface area (Å²) in [6.07, 6.45) is 5.31. The minimum atomic E-state index is -2.94. The minimum absolute atomic E-state index is 0.00730. The SMILES string of the molecule is C=CC[C@H](NC(=O)OC(C)(C)C)c1cc(-c2c(NC(=O)[C@H](C)C=C)cnn2C(F)F)ccn1. The number of anilines is 1. The Morgan fingerprint density at radius 1 is 1.30 bits per heavy atom. The first kappa shape index (κ1) is 25.7. The molecule has 2 atom stereocenters. The van der Waals surface area contributed by atoms with Crippen LogP contribution in [-0.2, 0) is 9.53 Å². The zero-order chi connectivity index (χ0) is 24.8. The molecule has 0 saturated carbocycles. The molecule has 2 amide bonds. The van der Waals surface area contributed by atoms with Crippen LogP contribution in [-0.4, -0.2) is 32.4 Å². The first-order valence-corrected chi connectivity index (χ1v) is 10.3. The van der Waals surface area contributed by atoms with E-state index in [4.69, 9.17) is 4.74 Å². The van der Waals surface area contributed by atoms with E-state index in [0.717, 1.165) is 6.20 Å². The Morgan fingerprint density at radius 2 is 2.00 bits per heavy atom. The van der Waals surface area contributed by atoms with Gasteiger partial charge in [0.25, 0.3) is 0 Å². The van der Waals surface area contributed by atoms with Crippen LogP contribution in [0.4, 0.5) is 19.3 Å². The molecule has 2 aromatic rings. The average Bonchev–Trinajstić information content (AvgIpc) is 3.15. The second-order valence-corrected chi connectivity index (χ2v) is 8.34. The van der Waals surface area contributed by atoms with E-state index >= 15 is 0 Å². The Hall–Kier alpha value is -3.56. The molecular formula is C23H29F2N5O3. The highest BCUT2D eigenvalue weighted by molar-refractivity contribution is 5.96. The maximum atomic E-state index is 13.7. The fourth-order valence-electron chi connectivity index (χ4n) is 2.90. The normalized spacial score (nSPS) is 13.2. The molecule has 10 heteroatoms. The van der Waals surface area contributed by atoms with E-state index in [2.05, 4.69) is 33.9 Å². The maximum absolute atomic E-state index is 13.7. The Balaban J connectivity index is 2.45. The number of nitrogens with one attached hydrogen (secondary N) is 2. The fourth-order valence-corrected chi connectivity index (χ4v) is 2.90. The first-order chi connectivity index (χ1) is 15.5. The van der Waals surface area contributed by atoms with Gasteiger partial charge >= 0.3 is 12.6 Å². The summed E-state index contributed by atoms with van der Waals surface area (Å²) in [6, 6.07) is 2.46. The lowest BCUT2D eigenvalue weighted by Gasteiger charge is -2.23. The molecule has 0 saturated heterocycles.